The highest BCUT2D eigenvalue weighted by molar-refractivity contribution is 6.31. The van der Waals surface area contributed by atoms with Crippen LogP contribution in [0.2, 0.25) is 5.02 Å². The third kappa shape index (κ3) is 2.72. The molecule has 2 heterocycles. The summed E-state index contributed by atoms with van der Waals surface area (Å²) in [6.07, 6.45) is 1.44. The number of nitrogens with zero attached hydrogens (tertiary/aromatic N) is 2. The number of amides is 1. The molecule has 1 aliphatic rings. The minimum atomic E-state index is -0.685. The van der Waals surface area contributed by atoms with Crippen LogP contribution in [0.15, 0.2) is 71.8 Å². The van der Waals surface area contributed by atoms with Crippen LogP contribution in [0.1, 0.15) is 27.5 Å². The SMILES string of the molecule is O=C1NC(c2cc(F)ccc2Cl)c2c1cccc2-n1cnc2ccccc2c1=O. The minimum Gasteiger partial charge on any atom is -0.341 e. The molecule has 142 valence electrons. The molecule has 1 N–H and O–H groups in total. The second kappa shape index (κ2) is 6.53. The second-order valence-corrected chi connectivity index (χ2v) is 7.15. The van der Waals surface area contributed by atoms with Crippen molar-refractivity contribution in [2.24, 2.45) is 0 Å². The summed E-state index contributed by atoms with van der Waals surface area (Å²) in [4.78, 5) is 30.0. The van der Waals surface area contributed by atoms with E-state index in [9.17, 15) is 14.0 Å². The van der Waals surface area contributed by atoms with Crippen molar-refractivity contribution in [3.05, 3.63) is 105 Å². The summed E-state index contributed by atoms with van der Waals surface area (Å²) in [5.41, 5.74) is 2.22. The van der Waals surface area contributed by atoms with Crippen LogP contribution in [0.4, 0.5) is 4.39 Å². The number of hydrogen-bond donors (Lipinski definition) is 1. The molecule has 0 spiro atoms. The normalized spacial score (nSPS) is 15.4. The van der Waals surface area contributed by atoms with Crippen LogP contribution < -0.4 is 10.9 Å². The van der Waals surface area contributed by atoms with Gasteiger partial charge in [-0.1, -0.05) is 29.8 Å². The number of aromatic nitrogens is 2. The van der Waals surface area contributed by atoms with E-state index in [1.807, 2.05) is 6.07 Å². The number of benzene rings is 3. The molecule has 0 aliphatic carbocycles. The standard InChI is InChI=1S/C22H13ClFN3O2/c23-16-9-8-12(24)10-15(16)20-19-14(21(28)26-20)5-3-7-18(19)27-11-25-17-6-2-1-4-13(17)22(27)29/h1-11,20H,(H,26,28). The lowest BCUT2D eigenvalue weighted by Gasteiger charge is -2.18. The number of para-hydroxylation sites is 1. The Balaban J connectivity index is 1.78. The van der Waals surface area contributed by atoms with E-state index in [4.69, 9.17) is 11.6 Å². The van der Waals surface area contributed by atoms with Gasteiger partial charge in [-0.25, -0.2) is 9.37 Å². The first-order valence-electron chi connectivity index (χ1n) is 8.90. The van der Waals surface area contributed by atoms with Gasteiger partial charge in [0, 0.05) is 21.7 Å². The number of fused-ring (bicyclic) bond motifs is 2. The van der Waals surface area contributed by atoms with Gasteiger partial charge in [-0.05, 0) is 42.5 Å². The van der Waals surface area contributed by atoms with Gasteiger partial charge in [-0.15, -0.1) is 0 Å². The van der Waals surface area contributed by atoms with Crippen molar-refractivity contribution >= 4 is 28.4 Å². The lowest BCUT2D eigenvalue weighted by molar-refractivity contribution is 0.0960. The highest BCUT2D eigenvalue weighted by Crippen LogP contribution is 2.38. The molecule has 1 atom stereocenters. The van der Waals surface area contributed by atoms with Crippen molar-refractivity contribution in [3.63, 3.8) is 0 Å². The maximum atomic E-state index is 13.9. The molecule has 4 aromatic rings. The summed E-state index contributed by atoms with van der Waals surface area (Å²) >= 11 is 6.30. The Morgan fingerprint density at radius 3 is 2.72 bits per heavy atom. The highest BCUT2D eigenvalue weighted by Gasteiger charge is 2.34. The maximum Gasteiger partial charge on any atom is 0.265 e. The zero-order chi connectivity index (χ0) is 20.1. The van der Waals surface area contributed by atoms with Gasteiger partial charge in [-0.3, -0.25) is 14.2 Å². The lowest BCUT2D eigenvalue weighted by atomic mass is 9.96. The third-order valence-electron chi connectivity index (χ3n) is 5.09. The summed E-state index contributed by atoms with van der Waals surface area (Å²) in [5, 5.41) is 3.63. The van der Waals surface area contributed by atoms with Crippen molar-refractivity contribution in [1.82, 2.24) is 14.9 Å². The molecular weight excluding hydrogens is 393 g/mol. The van der Waals surface area contributed by atoms with Crippen LogP contribution in [0, 0.1) is 5.82 Å². The number of rotatable bonds is 2. The molecule has 0 radical (unpaired) electrons. The van der Waals surface area contributed by atoms with Crippen LogP contribution in [0.25, 0.3) is 16.6 Å². The highest BCUT2D eigenvalue weighted by atomic mass is 35.5. The van der Waals surface area contributed by atoms with E-state index in [0.29, 0.717) is 38.3 Å². The van der Waals surface area contributed by atoms with Crippen LogP contribution in [-0.2, 0) is 0 Å². The number of halogens is 2. The van der Waals surface area contributed by atoms with Crippen molar-refractivity contribution < 1.29 is 9.18 Å². The Kier molecular flexibility index (Phi) is 3.96. The monoisotopic (exact) mass is 405 g/mol. The molecule has 1 amide bonds. The molecule has 1 aromatic heterocycles. The van der Waals surface area contributed by atoms with Gasteiger partial charge >= 0.3 is 0 Å². The Hall–Kier alpha value is -3.51. The Morgan fingerprint density at radius 1 is 1.03 bits per heavy atom. The van der Waals surface area contributed by atoms with Gasteiger partial charge in [0.25, 0.3) is 11.5 Å². The van der Waals surface area contributed by atoms with E-state index in [1.54, 1.807) is 36.4 Å². The molecule has 0 saturated carbocycles. The summed E-state index contributed by atoms with van der Waals surface area (Å²) in [6, 6.07) is 15.5. The fraction of sp³-hybridized carbons (Fsp3) is 0.0455. The van der Waals surface area contributed by atoms with E-state index in [2.05, 4.69) is 10.3 Å². The Labute approximate surface area is 169 Å². The first-order valence-corrected chi connectivity index (χ1v) is 9.28. The summed E-state index contributed by atoms with van der Waals surface area (Å²) in [5.74, 6) is -0.775. The minimum absolute atomic E-state index is 0.257. The first-order chi connectivity index (χ1) is 14.0. The van der Waals surface area contributed by atoms with Crippen LogP contribution in [0.3, 0.4) is 0 Å². The van der Waals surface area contributed by atoms with Gasteiger partial charge in [0.15, 0.2) is 0 Å². The van der Waals surface area contributed by atoms with Crippen LogP contribution in [-0.4, -0.2) is 15.5 Å². The number of carbonyl (C=O) groups is 1. The zero-order valence-electron chi connectivity index (χ0n) is 14.9. The number of carbonyl (C=O) groups excluding carboxylic acids is 1. The van der Waals surface area contributed by atoms with Gasteiger partial charge < -0.3 is 5.32 Å². The maximum absolute atomic E-state index is 13.9. The molecule has 7 heteroatoms. The summed E-state index contributed by atoms with van der Waals surface area (Å²) < 4.78 is 15.3. The van der Waals surface area contributed by atoms with Crippen molar-refractivity contribution in [2.45, 2.75) is 6.04 Å². The van der Waals surface area contributed by atoms with Gasteiger partial charge in [-0.2, -0.15) is 0 Å². The smallest absolute Gasteiger partial charge is 0.265 e. The third-order valence-corrected chi connectivity index (χ3v) is 5.43. The molecule has 0 saturated heterocycles. The Bertz CT molecular complexity index is 1370. The molecule has 29 heavy (non-hydrogen) atoms. The molecule has 5 rings (SSSR count). The average Bonchev–Trinajstić information content (AvgIpc) is 3.07. The quantitative estimate of drug-likeness (QED) is 0.548. The van der Waals surface area contributed by atoms with Gasteiger partial charge in [0.1, 0.15) is 12.1 Å². The molecule has 5 nitrogen and oxygen atoms in total. The van der Waals surface area contributed by atoms with E-state index in [1.165, 1.54) is 29.1 Å². The summed E-state index contributed by atoms with van der Waals surface area (Å²) in [6.45, 7) is 0. The van der Waals surface area contributed by atoms with Crippen molar-refractivity contribution in [2.75, 3.05) is 0 Å². The van der Waals surface area contributed by atoms with E-state index in [0.717, 1.165) is 0 Å². The van der Waals surface area contributed by atoms with Gasteiger partial charge in [0.2, 0.25) is 0 Å². The fourth-order valence-electron chi connectivity index (χ4n) is 3.76. The van der Waals surface area contributed by atoms with E-state index < -0.39 is 11.9 Å². The predicted molar refractivity (Wildman–Crippen MR) is 108 cm³/mol. The molecule has 1 aliphatic heterocycles. The van der Waals surface area contributed by atoms with Crippen LogP contribution in [0.5, 0.6) is 0 Å². The van der Waals surface area contributed by atoms with Crippen molar-refractivity contribution in [3.8, 4) is 5.69 Å². The van der Waals surface area contributed by atoms with Crippen molar-refractivity contribution in [1.29, 1.82) is 0 Å². The molecule has 0 fully saturated rings. The van der Waals surface area contributed by atoms with E-state index >= 15 is 0 Å². The molecule has 1 unspecified atom stereocenters. The second-order valence-electron chi connectivity index (χ2n) is 6.75. The lowest BCUT2D eigenvalue weighted by Crippen LogP contribution is -2.23. The predicted octanol–water partition coefficient (Wildman–Crippen LogP) is 4.01. The number of nitrogens with one attached hydrogen (secondary N) is 1. The van der Waals surface area contributed by atoms with Crippen LogP contribution >= 0.6 is 11.6 Å². The molecular formula is C22H13ClFN3O2. The van der Waals surface area contributed by atoms with E-state index in [-0.39, 0.29) is 11.5 Å². The number of hydrogen-bond acceptors (Lipinski definition) is 3. The largest absolute Gasteiger partial charge is 0.341 e. The van der Waals surface area contributed by atoms with Gasteiger partial charge in [0.05, 0.1) is 22.6 Å². The molecule has 3 aromatic carbocycles. The average molecular weight is 406 g/mol. The fourth-order valence-corrected chi connectivity index (χ4v) is 3.98. The zero-order valence-corrected chi connectivity index (χ0v) is 15.7. The first kappa shape index (κ1) is 17.6. The summed E-state index contributed by atoms with van der Waals surface area (Å²) in [7, 11) is 0. The topological polar surface area (TPSA) is 64.0 Å². The molecule has 0 bridgehead atoms. The Morgan fingerprint density at radius 2 is 1.86 bits per heavy atom.